The van der Waals surface area contributed by atoms with Gasteiger partial charge in [0.15, 0.2) is 28.8 Å². The summed E-state index contributed by atoms with van der Waals surface area (Å²) in [4.78, 5) is 12.7. The molecule has 0 atom stereocenters. The molecule has 202 valence electrons. The van der Waals surface area contributed by atoms with E-state index in [1.807, 2.05) is 32.0 Å². The number of amides is 1. The topological polar surface area (TPSA) is 97.6 Å². The van der Waals surface area contributed by atoms with E-state index in [1.54, 1.807) is 54.6 Å². The largest absolute Gasteiger partial charge is 0.490 e. The zero-order valence-corrected chi connectivity index (χ0v) is 21.7. The number of ether oxygens (including phenoxy) is 6. The number of carbonyl (C=O) groups is 1. The summed E-state index contributed by atoms with van der Waals surface area (Å²) in [7, 11) is 0. The lowest BCUT2D eigenvalue weighted by molar-refractivity contribution is 0.0992. The van der Waals surface area contributed by atoms with Crippen LogP contribution in [0.4, 0.5) is 5.69 Å². The van der Waals surface area contributed by atoms with Crippen LogP contribution in [0.2, 0.25) is 0 Å². The molecule has 0 fully saturated rings. The zero-order valence-electron chi connectivity index (χ0n) is 21.7. The summed E-state index contributed by atoms with van der Waals surface area (Å²) >= 11 is 0. The van der Waals surface area contributed by atoms with Crippen LogP contribution in [0.15, 0.2) is 77.2 Å². The third kappa shape index (κ3) is 6.56. The van der Waals surface area contributed by atoms with Crippen molar-refractivity contribution >= 4 is 11.6 Å². The summed E-state index contributed by atoms with van der Waals surface area (Å²) in [5, 5.41) is 2.82. The number of fused-ring (bicyclic) bond motifs is 1. The molecule has 9 nitrogen and oxygen atoms in total. The first kappa shape index (κ1) is 25.8. The highest BCUT2D eigenvalue weighted by Crippen LogP contribution is 2.35. The lowest BCUT2D eigenvalue weighted by atomic mass is 10.2. The van der Waals surface area contributed by atoms with E-state index in [0.717, 1.165) is 5.56 Å². The minimum Gasteiger partial charge on any atom is -0.490 e. The molecular weight excluding hydrogens is 502 g/mol. The number of anilines is 1. The van der Waals surface area contributed by atoms with Gasteiger partial charge in [-0.3, -0.25) is 4.79 Å². The second-order valence-electron chi connectivity index (χ2n) is 8.48. The van der Waals surface area contributed by atoms with Crippen molar-refractivity contribution in [1.82, 2.24) is 0 Å². The molecule has 1 amide bonds. The van der Waals surface area contributed by atoms with Crippen molar-refractivity contribution in [1.29, 1.82) is 0 Å². The van der Waals surface area contributed by atoms with E-state index in [0.29, 0.717) is 65.8 Å². The molecule has 0 unspecified atom stereocenters. The molecule has 0 aliphatic carbocycles. The fourth-order valence-corrected chi connectivity index (χ4v) is 3.88. The van der Waals surface area contributed by atoms with Crippen LogP contribution in [0, 0.1) is 0 Å². The van der Waals surface area contributed by atoms with Crippen molar-refractivity contribution in [2.24, 2.45) is 0 Å². The van der Waals surface area contributed by atoms with Crippen LogP contribution in [-0.4, -0.2) is 25.9 Å². The molecule has 1 aliphatic rings. The number of carbonyl (C=O) groups excluding carboxylic acids is 1. The Balaban J connectivity index is 1.11. The third-order valence-electron chi connectivity index (χ3n) is 5.74. The van der Waals surface area contributed by atoms with Gasteiger partial charge in [0.25, 0.3) is 5.91 Å². The van der Waals surface area contributed by atoms with Crippen molar-refractivity contribution in [3.05, 3.63) is 89.9 Å². The monoisotopic (exact) mass is 531 g/mol. The lowest BCUT2D eigenvalue weighted by Gasteiger charge is -2.13. The van der Waals surface area contributed by atoms with E-state index in [2.05, 4.69) is 5.32 Å². The van der Waals surface area contributed by atoms with Crippen LogP contribution >= 0.6 is 0 Å². The Bertz CT molecular complexity index is 1410. The molecule has 3 aromatic carbocycles. The van der Waals surface area contributed by atoms with Gasteiger partial charge in [0.2, 0.25) is 6.79 Å². The maximum absolute atomic E-state index is 12.7. The molecule has 5 rings (SSSR count). The van der Waals surface area contributed by atoms with Crippen molar-refractivity contribution in [2.45, 2.75) is 27.1 Å². The number of rotatable bonds is 12. The highest BCUT2D eigenvalue weighted by atomic mass is 16.7. The number of hydrogen-bond acceptors (Lipinski definition) is 8. The van der Waals surface area contributed by atoms with Crippen molar-refractivity contribution < 1.29 is 37.6 Å². The van der Waals surface area contributed by atoms with E-state index < -0.39 is 0 Å². The van der Waals surface area contributed by atoms with Gasteiger partial charge in [-0.2, -0.15) is 0 Å². The average molecular weight is 532 g/mol. The Labute approximate surface area is 226 Å². The predicted octanol–water partition coefficient (Wildman–Crippen LogP) is 6.22. The highest BCUT2D eigenvalue weighted by Gasteiger charge is 2.15. The maximum Gasteiger partial charge on any atom is 0.291 e. The van der Waals surface area contributed by atoms with E-state index in [9.17, 15) is 4.79 Å². The van der Waals surface area contributed by atoms with Gasteiger partial charge in [0.1, 0.15) is 30.5 Å². The standard InChI is InChI=1S/C30H29NO8/c1-3-33-25-12-5-20(15-28(25)34-4-2)17-35-22-8-6-21(7-9-22)31-30(32)27-14-11-24(39-27)18-36-23-10-13-26-29(16-23)38-19-37-26/h5-16H,3-4,17-19H2,1-2H3,(H,31,32). The Morgan fingerprint density at radius 3 is 2.31 bits per heavy atom. The molecule has 0 radical (unpaired) electrons. The van der Waals surface area contributed by atoms with Gasteiger partial charge in [-0.25, -0.2) is 0 Å². The van der Waals surface area contributed by atoms with Gasteiger partial charge in [-0.15, -0.1) is 0 Å². The molecular formula is C30H29NO8. The van der Waals surface area contributed by atoms with Crippen LogP contribution in [0.5, 0.6) is 34.5 Å². The Hall–Kier alpha value is -4.79. The van der Waals surface area contributed by atoms with Gasteiger partial charge in [0, 0.05) is 11.8 Å². The molecule has 2 heterocycles. The molecule has 0 saturated carbocycles. The summed E-state index contributed by atoms with van der Waals surface area (Å²) in [5.74, 6) is 4.34. The van der Waals surface area contributed by atoms with E-state index in [1.165, 1.54) is 0 Å². The van der Waals surface area contributed by atoms with Gasteiger partial charge in [-0.1, -0.05) is 6.07 Å². The Morgan fingerprint density at radius 2 is 1.49 bits per heavy atom. The zero-order chi connectivity index (χ0) is 27.0. The van der Waals surface area contributed by atoms with Gasteiger partial charge in [0.05, 0.1) is 13.2 Å². The molecule has 0 spiro atoms. The molecule has 9 heteroatoms. The van der Waals surface area contributed by atoms with E-state index in [4.69, 9.17) is 32.8 Å². The van der Waals surface area contributed by atoms with Gasteiger partial charge >= 0.3 is 0 Å². The fraction of sp³-hybridized carbons (Fsp3) is 0.233. The number of hydrogen-bond donors (Lipinski definition) is 1. The molecule has 0 bridgehead atoms. The summed E-state index contributed by atoms with van der Waals surface area (Å²) in [6.07, 6.45) is 0. The number of benzene rings is 3. The Kier molecular flexibility index (Phi) is 8.06. The molecule has 1 N–H and O–H groups in total. The second kappa shape index (κ2) is 12.2. The van der Waals surface area contributed by atoms with E-state index >= 15 is 0 Å². The van der Waals surface area contributed by atoms with Crippen molar-refractivity contribution in [3.8, 4) is 34.5 Å². The molecule has 39 heavy (non-hydrogen) atoms. The first-order valence-corrected chi connectivity index (χ1v) is 12.6. The predicted molar refractivity (Wildman–Crippen MR) is 143 cm³/mol. The number of nitrogens with one attached hydrogen (secondary N) is 1. The quantitative estimate of drug-likeness (QED) is 0.230. The summed E-state index contributed by atoms with van der Waals surface area (Å²) in [5.41, 5.74) is 1.57. The summed E-state index contributed by atoms with van der Waals surface area (Å²) in [6.45, 7) is 5.71. The lowest BCUT2D eigenvalue weighted by Crippen LogP contribution is -2.10. The van der Waals surface area contributed by atoms with Gasteiger partial charge < -0.3 is 38.2 Å². The maximum atomic E-state index is 12.7. The average Bonchev–Trinajstić information content (AvgIpc) is 3.63. The summed E-state index contributed by atoms with van der Waals surface area (Å²) < 4.78 is 39.2. The van der Waals surface area contributed by atoms with Crippen molar-refractivity contribution in [2.75, 3.05) is 25.3 Å². The fourth-order valence-electron chi connectivity index (χ4n) is 3.88. The molecule has 4 aromatic rings. The van der Waals surface area contributed by atoms with Crippen LogP contribution in [-0.2, 0) is 13.2 Å². The second-order valence-corrected chi connectivity index (χ2v) is 8.48. The molecule has 0 saturated heterocycles. The molecule has 1 aromatic heterocycles. The van der Waals surface area contributed by atoms with E-state index in [-0.39, 0.29) is 25.1 Å². The highest BCUT2D eigenvalue weighted by molar-refractivity contribution is 6.02. The number of furan rings is 1. The van der Waals surface area contributed by atoms with Gasteiger partial charge in [-0.05, 0) is 80.1 Å². The van der Waals surface area contributed by atoms with Crippen LogP contribution in [0.3, 0.4) is 0 Å². The smallest absolute Gasteiger partial charge is 0.291 e. The SMILES string of the molecule is CCOc1ccc(COc2ccc(NC(=O)c3ccc(COc4ccc5c(c4)OCO5)o3)cc2)cc1OCC. The van der Waals surface area contributed by atoms with Crippen LogP contribution in [0.25, 0.3) is 0 Å². The van der Waals surface area contributed by atoms with Crippen LogP contribution in [0.1, 0.15) is 35.7 Å². The molecule has 1 aliphatic heterocycles. The third-order valence-corrected chi connectivity index (χ3v) is 5.74. The minimum absolute atomic E-state index is 0.166. The summed E-state index contributed by atoms with van der Waals surface area (Å²) in [6, 6.07) is 21.5. The minimum atomic E-state index is -0.365. The first-order valence-electron chi connectivity index (χ1n) is 12.6. The van der Waals surface area contributed by atoms with Crippen LogP contribution < -0.4 is 33.7 Å². The Morgan fingerprint density at radius 1 is 0.744 bits per heavy atom. The first-order chi connectivity index (χ1) is 19.1. The normalized spacial score (nSPS) is 11.6. The van der Waals surface area contributed by atoms with Crippen molar-refractivity contribution in [3.63, 3.8) is 0 Å².